The fourth-order valence-electron chi connectivity index (χ4n) is 2.13. The van der Waals surface area contributed by atoms with E-state index in [1.807, 2.05) is 0 Å². The van der Waals surface area contributed by atoms with Crippen LogP contribution in [-0.4, -0.2) is 21.1 Å². The van der Waals surface area contributed by atoms with Crippen LogP contribution < -0.4 is 0 Å². The quantitative estimate of drug-likeness (QED) is 0.745. The zero-order chi connectivity index (χ0) is 12.7. The van der Waals surface area contributed by atoms with Gasteiger partial charge in [-0.1, -0.05) is 23.2 Å². The highest BCUT2D eigenvalue weighted by Gasteiger charge is 2.22. The molecule has 0 amide bonds. The monoisotopic (exact) mass is 305 g/mol. The summed E-state index contributed by atoms with van der Waals surface area (Å²) in [6, 6.07) is 1.66. The third kappa shape index (κ3) is 2.07. The van der Waals surface area contributed by atoms with E-state index >= 15 is 0 Å². The first kappa shape index (κ1) is 12.5. The van der Waals surface area contributed by atoms with Crippen LogP contribution in [0.2, 0.25) is 15.5 Å². The standard InChI is InChI=1S/C11H10Cl3N3O/c12-6-5-7-10(16-9(6)13)17(11(14)15-7)8-3-1-2-4-18-8/h5,8H,1-4H2. The summed E-state index contributed by atoms with van der Waals surface area (Å²) in [5.41, 5.74) is 1.24. The van der Waals surface area contributed by atoms with Gasteiger partial charge < -0.3 is 4.74 Å². The van der Waals surface area contributed by atoms with Gasteiger partial charge in [-0.3, -0.25) is 4.57 Å². The minimum atomic E-state index is -0.124. The summed E-state index contributed by atoms with van der Waals surface area (Å²) >= 11 is 18.0. The molecular formula is C11H10Cl3N3O. The number of aromatic nitrogens is 3. The van der Waals surface area contributed by atoms with Gasteiger partial charge in [-0.2, -0.15) is 0 Å². The van der Waals surface area contributed by atoms with Crippen LogP contribution in [0.1, 0.15) is 25.5 Å². The highest BCUT2D eigenvalue weighted by atomic mass is 35.5. The Balaban J connectivity index is 2.15. The van der Waals surface area contributed by atoms with Crippen molar-refractivity contribution in [2.75, 3.05) is 6.61 Å². The van der Waals surface area contributed by atoms with Crippen LogP contribution in [0.25, 0.3) is 11.2 Å². The summed E-state index contributed by atoms with van der Waals surface area (Å²) < 4.78 is 7.48. The predicted molar refractivity (Wildman–Crippen MR) is 71.4 cm³/mol. The molecule has 1 saturated heterocycles. The van der Waals surface area contributed by atoms with Crippen LogP contribution in [-0.2, 0) is 4.74 Å². The van der Waals surface area contributed by atoms with Crippen molar-refractivity contribution in [3.8, 4) is 0 Å². The van der Waals surface area contributed by atoms with Crippen LogP contribution in [0.5, 0.6) is 0 Å². The molecule has 1 atom stereocenters. The van der Waals surface area contributed by atoms with E-state index in [1.165, 1.54) is 0 Å². The first-order valence-corrected chi connectivity index (χ1v) is 6.81. The molecule has 0 radical (unpaired) electrons. The molecule has 3 heterocycles. The smallest absolute Gasteiger partial charge is 0.207 e. The molecule has 0 aliphatic carbocycles. The van der Waals surface area contributed by atoms with Crippen molar-refractivity contribution in [1.29, 1.82) is 0 Å². The number of hydrogen-bond donors (Lipinski definition) is 0. The van der Waals surface area contributed by atoms with E-state index in [0.29, 0.717) is 21.5 Å². The Bertz CT molecular complexity index is 593. The number of rotatable bonds is 1. The van der Waals surface area contributed by atoms with Gasteiger partial charge in [-0.05, 0) is 36.9 Å². The van der Waals surface area contributed by atoms with Crippen molar-refractivity contribution >= 4 is 46.0 Å². The van der Waals surface area contributed by atoms with Crippen LogP contribution in [0.15, 0.2) is 6.07 Å². The zero-order valence-electron chi connectivity index (χ0n) is 9.37. The van der Waals surface area contributed by atoms with Crippen LogP contribution in [0, 0.1) is 0 Å². The van der Waals surface area contributed by atoms with E-state index in [0.717, 1.165) is 25.9 Å². The van der Waals surface area contributed by atoms with Gasteiger partial charge in [0.05, 0.1) is 5.02 Å². The minimum Gasteiger partial charge on any atom is -0.358 e. The van der Waals surface area contributed by atoms with Gasteiger partial charge in [0.15, 0.2) is 5.65 Å². The van der Waals surface area contributed by atoms with Crippen LogP contribution in [0.3, 0.4) is 0 Å². The number of pyridine rings is 1. The Labute approximate surface area is 119 Å². The summed E-state index contributed by atoms with van der Waals surface area (Å²) in [5, 5.41) is 0.968. The average Bonchev–Trinajstić information content (AvgIpc) is 2.66. The highest BCUT2D eigenvalue weighted by molar-refractivity contribution is 6.41. The molecule has 0 N–H and O–H groups in total. The number of hydrogen-bond acceptors (Lipinski definition) is 3. The lowest BCUT2D eigenvalue weighted by Gasteiger charge is -2.24. The maximum atomic E-state index is 6.15. The van der Waals surface area contributed by atoms with E-state index in [2.05, 4.69) is 9.97 Å². The third-order valence-corrected chi connectivity index (χ3v) is 3.92. The summed E-state index contributed by atoms with van der Waals surface area (Å²) in [5.74, 6) is 0. The molecule has 1 aliphatic rings. The summed E-state index contributed by atoms with van der Waals surface area (Å²) in [6.07, 6.45) is 2.94. The molecule has 4 nitrogen and oxygen atoms in total. The van der Waals surface area contributed by atoms with Crippen molar-refractivity contribution in [2.45, 2.75) is 25.5 Å². The zero-order valence-corrected chi connectivity index (χ0v) is 11.6. The Hall–Kier alpha value is -0.550. The minimum absolute atomic E-state index is 0.124. The maximum Gasteiger partial charge on any atom is 0.207 e. The van der Waals surface area contributed by atoms with E-state index < -0.39 is 0 Å². The van der Waals surface area contributed by atoms with Crippen LogP contribution in [0.4, 0.5) is 0 Å². The molecule has 2 aromatic rings. The van der Waals surface area contributed by atoms with Crippen LogP contribution >= 0.6 is 34.8 Å². The maximum absolute atomic E-state index is 6.15. The second-order valence-electron chi connectivity index (χ2n) is 4.18. The molecule has 2 aromatic heterocycles. The average molecular weight is 307 g/mol. The molecule has 1 fully saturated rings. The number of ether oxygens (including phenoxy) is 1. The molecule has 18 heavy (non-hydrogen) atoms. The highest BCUT2D eigenvalue weighted by Crippen LogP contribution is 2.32. The molecule has 0 spiro atoms. The fraction of sp³-hybridized carbons (Fsp3) is 0.455. The molecule has 0 bridgehead atoms. The summed E-state index contributed by atoms with van der Waals surface area (Å²) in [7, 11) is 0. The van der Waals surface area contributed by atoms with Crippen molar-refractivity contribution in [3.05, 3.63) is 21.5 Å². The normalized spacial score (nSPS) is 20.5. The first-order valence-electron chi connectivity index (χ1n) is 5.68. The Morgan fingerprint density at radius 1 is 1.22 bits per heavy atom. The molecule has 7 heteroatoms. The van der Waals surface area contributed by atoms with E-state index in [-0.39, 0.29) is 11.4 Å². The molecule has 0 aromatic carbocycles. The van der Waals surface area contributed by atoms with Gasteiger partial charge in [-0.15, -0.1) is 0 Å². The molecule has 3 rings (SSSR count). The SMILES string of the molecule is Clc1cc2nc(Cl)n(C3CCCCO3)c2nc1Cl. The van der Waals surface area contributed by atoms with Gasteiger partial charge in [0.1, 0.15) is 16.9 Å². The molecule has 0 saturated carbocycles. The first-order chi connectivity index (χ1) is 8.66. The molecule has 1 unspecified atom stereocenters. The Morgan fingerprint density at radius 3 is 2.78 bits per heavy atom. The summed E-state index contributed by atoms with van der Waals surface area (Å²) in [4.78, 5) is 8.47. The Kier molecular flexibility index (Phi) is 3.36. The van der Waals surface area contributed by atoms with Crippen molar-refractivity contribution in [3.63, 3.8) is 0 Å². The number of halogens is 3. The second kappa shape index (κ2) is 4.85. The van der Waals surface area contributed by atoms with Crippen molar-refractivity contribution in [1.82, 2.24) is 14.5 Å². The lowest BCUT2D eigenvalue weighted by Crippen LogP contribution is -2.18. The third-order valence-electron chi connectivity index (χ3n) is 2.98. The van der Waals surface area contributed by atoms with Crippen molar-refractivity contribution < 1.29 is 4.74 Å². The van der Waals surface area contributed by atoms with Gasteiger partial charge >= 0.3 is 0 Å². The number of fused-ring (bicyclic) bond motifs is 1. The molecular weight excluding hydrogens is 296 g/mol. The molecule has 1 aliphatic heterocycles. The van der Waals surface area contributed by atoms with Gasteiger partial charge in [-0.25, -0.2) is 9.97 Å². The van der Waals surface area contributed by atoms with Gasteiger partial charge in [0.2, 0.25) is 5.28 Å². The summed E-state index contributed by atoms with van der Waals surface area (Å²) in [6.45, 7) is 0.724. The topological polar surface area (TPSA) is 39.9 Å². The van der Waals surface area contributed by atoms with E-state index in [4.69, 9.17) is 39.5 Å². The lowest BCUT2D eigenvalue weighted by molar-refractivity contribution is -0.0296. The largest absolute Gasteiger partial charge is 0.358 e. The fourth-order valence-corrected chi connectivity index (χ4v) is 2.69. The van der Waals surface area contributed by atoms with E-state index in [9.17, 15) is 0 Å². The number of nitrogens with zero attached hydrogens (tertiary/aromatic N) is 3. The van der Waals surface area contributed by atoms with Gasteiger partial charge in [0, 0.05) is 6.61 Å². The second-order valence-corrected chi connectivity index (χ2v) is 5.28. The Morgan fingerprint density at radius 2 is 2.06 bits per heavy atom. The van der Waals surface area contributed by atoms with Crippen molar-refractivity contribution in [2.24, 2.45) is 0 Å². The number of imidazole rings is 1. The van der Waals surface area contributed by atoms with Gasteiger partial charge in [0.25, 0.3) is 0 Å². The predicted octanol–water partition coefficient (Wildman–Crippen LogP) is 4.09. The lowest BCUT2D eigenvalue weighted by atomic mass is 10.2. The molecule has 96 valence electrons. The van der Waals surface area contributed by atoms with E-state index in [1.54, 1.807) is 10.6 Å².